The lowest BCUT2D eigenvalue weighted by Gasteiger charge is -2.27. The molecule has 1 heterocycles. The molecule has 0 radical (unpaired) electrons. The van der Waals surface area contributed by atoms with Gasteiger partial charge >= 0.3 is 0 Å². The Morgan fingerprint density at radius 2 is 0.906 bits per heavy atom. The molecular formula is C51H37NO. The zero-order chi connectivity index (χ0) is 35.5. The maximum absolute atomic E-state index is 6.65. The van der Waals surface area contributed by atoms with E-state index >= 15 is 0 Å². The number of anilines is 3. The Labute approximate surface area is 310 Å². The van der Waals surface area contributed by atoms with Gasteiger partial charge in [0.2, 0.25) is 0 Å². The van der Waals surface area contributed by atoms with E-state index in [0.29, 0.717) is 0 Å². The zero-order valence-corrected chi connectivity index (χ0v) is 29.8. The molecule has 0 saturated carbocycles. The minimum absolute atomic E-state index is 0.158. The Kier molecular flexibility index (Phi) is 7.19. The smallest absolute Gasteiger partial charge is 0.143 e. The first-order valence-corrected chi connectivity index (χ1v) is 18.3. The Morgan fingerprint density at radius 3 is 1.57 bits per heavy atom. The highest BCUT2D eigenvalue weighted by molar-refractivity contribution is 6.12. The molecule has 0 aliphatic heterocycles. The molecule has 1 aliphatic rings. The molecule has 9 aromatic rings. The van der Waals surface area contributed by atoms with Crippen molar-refractivity contribution in [3.05, 3.63) is 199 Å². The standard InChI is InChI=1S/C51H37NO/c1-51(2)46-30-28-42(33-45(46)49-47(51)31-29-44-43-18-9-10-19-48(43)53-50(44)49)52(40-24-20-36(21-25-40)34-12-5-3-6-13-34)41-26-22-37(23-27-41)39-17-11-16-38(32-39)35-14-7-4-8-15-35/h3-33H,1-2H3. The lowest BCUT2D eigenvalue weighted by molar-refractivity contribution is 0.653. The maximum Gasteiger partial charge on any atom is 0.143 e. The van der Waals surface area contributed by atoms with Crippen LogP contribution in [0.3, 0.4) is 0 Å². The molecule has 2 nitrogen and oxygen atoms in total. The second-order valence-electron chi connectivity index (χ2n) is 14.6. The van der Waals surface area contributed by atoms with E-state index in [1.165, 1.54) is 55.6 Å². The van der Waals surface area contributed by atoms with E-state index in [1.807, 2.05) is 6.07 Å². The van der Waals surface area contributed by atoms with Crippen LogP contribution in [0.4, 0.5) is 17.1 Å². The first kappa shape index (κ1) is 31.1. The summed E-state index contributed by atoms with van der Waals surface area (Å²) in [6.07, 6.45) is 0. The van der Waals surface area contributed by atoms with Crippen molar-refractivity contribution in [3.63, 3.8) is 0 Å². The van der Waals surface area contributed by atoms with Crippen molar-refractivity contribution in [1.82, 2.24) is 0 Å². The van der Waals surface area contributed by atoms with E-state index in [0.717, 1.165) is 39.0 Å². The monoisotopic (exact) mass is 679 g/mol. The van der Waals surface area contributed by atoms with Crippen LogP contribution in [0.5, 0.6) is 0 Å². The van der Waals surface area contributed by atoms with Crippen LogP contribution < -0.4 is 4.90 Å². The van der Waals surface area contributed by atoms with E-state index in [-0.39, 0.29) is 5.41 Å². The average molecular weight is 680 g/mol. The van der Waals surface area contributed by atoms with Gasteiger partial charge in [0.05, 0.1) is 0 Å². The molecule has 0 amide bonds. The van der Waals surface area contributed by atoms with Gasteiger partial charge in [0.25, 0.3) is 0 Å². The largest absolute Gasteiger partial charge is 0.455 e. The molecule has 0 fully saturated rings. The summed E-state index contributed by atoms with van der Waals surface area (Å²) in [6.45, 7) is 4.66. The molecule has 0 saturated heterocycles. The van der Waals surface area contributed by atoms with E-state index in [1.54, 1.807) is 0 Å². The summed E-state index contributed by atoms with van der Waals surface area (Å²) >= 11 is 0. The Bertz CT molecular complexity index is 2780. The molecule has 53 heavy (non-hydrogen) atoms. The van der Waals surface area contributed by atoms with Gasteiger partial charge in [-0.2, -0.15) is 0 Å². The molecule has 1 aromatic heterocycles. The van der Waals surface area contributed by atoms with Gasteiger partial charge < -0.3 is 9.32 Å². The van der Waals surface area contributed by atoms with Gasteiger partial charge in [-0.05, 0) is 98.6 Å². The van der Waals surface area contributed by atoms with Gasteiger partial charge in [-0.15, -0.1) is 0 Å². The van der Waals surface area contributed by atoms with Crippen LogP contribution in [-0.2, 0) is 5.41 Å². The highest BCUT2D eigenvalue weighted by Crippen LogP contribution is 2.54. The maximum atomic E-state index is 6.65. The van der Waals surface area contributed by atoms with Gasteiger partial charge in [0.15, 0.2) is 0 Å². The molecule has 1 aliphatic carbocycles. The summed E-state index contributed by atoms with van der Waals surface area (Å²) in [6, 6.07) is 67.8. The SMILES string of the molecule is CC1(C)c2ccc(N(c3ccc(-c4ccccc4)cc3)c3ccc(-c4cccc(-c5ccccc5)c4)cc3)cc2-c2c1ccc1c2oc2ccccc21. The number of furan rings is 1. The predicted octanol–water partition coefficient (Wildman–Crippen LogP) is 14.4. The van der Waals surface area contributed by atoms with Crippen LogP contribution in [0.15, 0.2) is 192 Å². The van der Waals surface area contributed by atoms with E-state index < -0.39 is 0 Å². The Morgan fingerprint density at radius 1 is 0.396 bits per heavy atom. The summed E-state index contributed by atoms with van der Waals surface area (Å²) < 4.78 is 6.65. The van der Waals surface area contributed by atoms with Crippen molar-refractivity contribution in [2.45, 2.75) is 19.3 Å². The van der Waals surface area contributed by atoms with Gasteiger partial charge in [-0.3, -0.25) is 0 Å². The molecule has 0 bridgehead atoms. The third-order valence-corrected chi connectivity index (χ3v) is 11.1. The van der Waals surface area contributed by atoms with Gasteiger partial charge in [-0.25, -0.2) is 0 Å². The fraction of sp³-hybridized carbons (Fsp3) is 0.0588. The van der Waals surface area contributed by atoms with Crippen molar-refractivity contribution in [3.8, 4) is 44.5 Å². The summed E-state index contributed by atoms with van der Waals surface area (Å²) in [5, 5.41) is 2.32. The number of fused-ring (bicyclic) bond motifs is 7. The van der Waals surface area contributed by atoms with Crippen molar-refractivity contribution >= 4 is 39.0 Å². The van der Waals surface area contributed by atoms with Crippen LogP contribution in [0.2, 0.25) is 0 Å². The molecule has 8 aromatic carbocycles. The van der Waals surface area contributed by atoms with Gasteiger partial charge in [0.1, 0.15) is 11.2 Å². The average Bonchev–Trinajstić information content (AvgIpc) is 3.71. The normalized spacial score (nSPS) is 12.9. The van der Waals surface area contributed by atoms with E-state index in [4.69, 9.17) is 4.42 Å². The third-order valence-electron chi connectivity index (χ3n) is 11.1. The van der Waals surface area contributed by atoms with Crippen LogP contribution in [-0.4, -0.2) is 0 Å². The topological polar surface area (TPSA) is 16.4 Å². The third kappa shape index (κ3) is 5.18. The number of hydrogen-bond donors (Lipinski definition) is 0. The summed E-state index contributed by atoms with van der Waals surface area (Å²) in [4.78, 5) is 2.38. The molecule has 0 spiro atoms. The zero-order valence-electron chi connectivity index (χ0n) is 29.8. The highest BCUT2D eigenvalue weighted by Gasteiger charge is 2.38. The Balaban J connectivity index is 1.11. The number of para-hydroxylation sites is 1. The van der Waals surface area contributed by atoms with Crippen LogP contribution in [0.1, 0.15) is 25.0 Å². The fourth-order valence-corrected chi connectivity index (χ4v) is 8.34. The second kappa shape index (κ2) is 12.3. The van der Waals surface area contributed by atoms with Crippen LogP contribution in [0.25, 0.3) is 66.4 Å². The lowest BCUT2D eigenvalue weighted by atomic mass is 9.82. The molecule has 0 atom stereocenters. The summed E-state index contributed by atoms with van der Waals surface area (Å²) in [5.74, 6) is 0. The van der Waals surface area contributed by atoms with Crippen molar-refractivity contribution < 1.29 is 4.42 Å². The number of hydrogen-bond acceptors (Lipinski definition) is 2. The van der Waals surface area contributed by atoms with Crippen LogP contribution in [0, 0.1) is 0 Å². The first-order chi connectivity index (χ1) is 26.0. The Hall–Kier alpha value is -6.64. The van der Waals surface area contributed by atoms with Gasteiger partial charge in [0, 0.05) is 38.8 Å². The number of nitrogens with zero attached hydrogens (tertiary/aromatic N) is 1. The molecule has 0 N–H and O–H groups in total. The fourth-order valence-electron chi connectivity index (χ4n) is 8.34. The lowest BCUT2D eigenvalue weighted by Crippen LogP contribution is -2.15. The van der Waals surface area contributed by atoms with Crippen molar-refractivity contribution in [2.75, 3.05) is 4.90 Å². The highest BCUT2D eigenvalue weighted by atomic mass is 16.3. The minimum Gasteiger partial charge on any atom is -0.455 e. The van der Waals surface area contributed by atoms with Crippen molar-refractivity contribution in [2.24, 2.45) is 0 Å². The molecule has 2 heteroatoms. The predicted molar refractivity (Wildman–Crippen MR) is 222 cm³/mol. The minimum atomic E-state index is -0.158. The summed E-state index contributed by atoms with van der Waals surface area (Å²) in [7, 11) is 0. The molecule has 10 rings (SSSR count). The summed E-state index contributed by atoms with van der Waals surface area (Å²) in [5.41, 5.74) is 17.3. The second-order valence-corrected chi connectivity index (χ2v) is 14.6. The molecule has 0 unspecified atom stereocenters. The molecular weight excluding hydrogens is 643 g/mol. The van der Waals surface area contributed by atoms with E-state index in [9.17, 15) is 0 Å². The quantitative estimate of drug-likeness (QED) is 0.174. The first-order valence-electron chi connectivity index (χ1n) is 18.3. The van der Waals surface area contributed by atoms with Gasteiger partial charge in [-0.1, -0.05) is 153 Å². The number of benzene rings is 8. The van der Waals surface area contributed by atoms with Crippen molar-refractivity contribution in [1.29, 1.82) is 0 Å². The van der Waals surface area contributed by atoms with E-state index in [2.05, 4.69) is 201 Å². The van der Waals surface area contributed by atoms with Crippen LogP contribution >= 0.6 is 0 Å². The number of rotatable bonds is 6. The molecule has 252 valence electrons.